The summed E-state index contributed by atoms with van der Waals surface area (Å²) in [6.07, 6.45) is 8.25. The van der Waals surface area contributed by atoms with Gasteiger partial charge in [0, 0.05) is 25.5 Å². The van der Waals surface area contributed by atoms with Crippen LogP contribution in [0.1, 0.15) is 18.5 Å². The predicted molar refractivity (Wildman–Crippen MR) is 75.7 cm³/mol. The molecule has 100 valence electrons. The van der Waals surface area contributed by atoms with Crippen LogP contribution in [0, 0.1) is 5.92 Å². The normalized spacial score (nSPS) is 20.3. The molecule has 1 aliphatic heterocycles. The van der Waals surface area contributed by atoms with Crippen LogP contribution in [0.25, 0.3) is 0 Å². The minimum Gasteiger partial charge on any atom is -0.316 e. The highest BCUT2D eigenvalue weighted by atomic mass is 32.2. The van der Waals surface area contributed by atoms with E-state index in [0.717, 1.165) is 36.3 Å². The second kappa shape index (κ2) is 7.07. The molecule has 0 bridgehead atoms. The Morgan fingerprint density at radius 2 is 2.28 bits per heavy atom. The van der Waals surface area contributed by atoms with Gasteiger partial charge < -0.3 is 10.2 Å². The Kier molecular flexibility index (Phi) is 5.41. The fraction of sp³-hybridized carbons (Fsp3) is 0.692. The highest BCUT2D eigenvalue weighted by Crippen LogP contribution is 2.17. The monoisotopic (exact) mass is 266 g/mol. The van der Waals surface area contributed by atoms with Gasteiger partial charge in [0.2, 0.25) is 0 Å². The van der Waals surface area contributed by atoms with Crippen molar-refractivity contribution in [3.05, 3.63) is 18.1 Å². The first kappa shape index (κ1) is 13.8. The van der Waals surface area contributed by atoms with E-state index in [0.29, 0.717) is 0 Å². The van der Waals surface area contributed by atoms with Crippen LogP contribution in [0.4, 0.5) is 0 Å². The van der Waals surface area contributed by atoms with Gasteiger partial charge in [0.15, 0.2) is 0 Å². The van der Waals surface area contributed by atoms with Gasteiger partial charge in [0.25, 0.3) is 0 Å². The Bertz CT molecular complexity index is 366. The molecule has 1 N–H and O–H groups in total. The molecule has 0 saturated carbocycles. The quantitative estimate of drug-likeness (QED) is 0.820. The van der Waals surface area contributed by atoms with Crippen molar-refractivity contribution in [3.8, 4) is 0 Å². The second-order valence-electron chi connectivity index (χ2n) is 4.92. The molecule has 0 radical (unpaired) electrons. The van der Waals surface area contributed by atoms with Crippen molar-refractivity contribution in [1.29, 1.82) is 0 Å². The van der Waals surface area contributed by atoms with Crippen LogP contribution in [0.15, 0.2) is 17.4 Å². The van der Waals surface area contributed by atoms with Crippen molar-refractivity contribution in [2.75, 3.05) is 32.9 Å². The first-order valence-electron chi connectivity index (χ1n) is 6.52. The summed E-state index contributed by atoms with van der Waals surface area (Å²) in [4.78, 5) is 11.2. The molecular formula is C13H22N4S. The molecule has 1 aromatic heterocycles. The fourth-order valence-electron chi connectivity index (χ4n) is 2.47. The summed E-state index contributed by atoms with van der Waals surface area (Å²) >= 11 is 1.67. The lowest BCUT2D eigenvalue weighted by Gasteiger charge is -2.27. The fourth-order valence-corrected chi connectivity index (χ4v) is 2.99. The summed E-state index contributed by atoms with van der Waals surface area (Å²) in [5, 5.41) is 4.52. The third-order valence-corrected chi connectivity index (χ3v) is 4.05. The van der Waals surface area contributed by atoms with Gasteiger partial charge >= 0.3 is 0 Å². The highest BCUT2D eigenvalue weighted by molar-refractivity contribution is 7.98. The van der Waals surface area contributed by atoms with Crippen molar-refractivity contribution >= 4 is 11.8 Å². The Morgan fingerprint density at radius 3 is 3.00 bits per heavy atom. The molecule has 1 fully saturated rings. The number of thioether (sulfide) groups is 1. The van der Waals surface area contributed by atoms with E-state index in [1.807, 2.05) is 0 Å². The molecule has 1 aliphatic rings. The minimum absolute atomic E-state index is 0.776. The van der Waals surface area contributed by atoms with E-state index < -0.39 is 0 Å². The van der Waals surface area contributed by atoms with Crippen LogP contribution >= 0.6 is 11.8 Å². The van der Waals surface area contributed by atoms with Gasteiger partial charge in [0.1, 0.15) is 5.03 Å². The van der Waals surface area contributed by atoms with E-state index in [1.165, 1.54) is 19.4 Å². The molecule has 1 unspecified atom stereocenters. The molecule has 18 heavy (non-hydrogen) atoms. The molecule has 2 heterocycles. The van der Waals surface area contributed by atoms with Gasteiger partial charge in [0.05, 0.1) is 5.69 Å². The largest absolute Gasteiger partial charge is 0.316 e. The SMILES string of the molecule is CSc1nccnc1CN(C)CC1CCCNC1. The van der Waals surface area contributed by atoms with E-state index in [-0.39, 0.29) is 0 Å². The average molecular weight is 266 g/mol. The number of piperidine rings is 1. The van der Waals surface area contributed by atoms with Crippen molar-refractivity contribution in [3.63, 3.8) is 0 Å². The van der Waals surface area contributed by atoms with Crippen LogP contribution in [0.2, 0.25) is 0 Å². The highest BCUT2D eigenvalue weighted by Gasteiger charge is 2.16. The van der Waals surface area contributed by atoms with Gasteiger partial charge in [-0.1, -0.05) is 0 Å². The molecule has 0 spiro atoms. The number of hydrogen-bond donors (Lipinski definition) is 1. The summed E-state index contributed by atoms with van der Waals surface area (Å²) in [5.41, 5.74) is 1.09. The molecule has 0 aromatic carbocycles. The van der Waals surface area contributed by atoms with Crippen molar-refractivity contribution < 1.29 is 0 Å². The van der Waals surface area contributed by atoms with Crippen molar-refractivity contribution in [2.45, 2.75) is 24.4 Å². The van der Waals surface area contributed by atoms with E-state index in [1.54, 1.807) is 24.2 Å². The average Bonchev–Trinajstić information content (AvgIpc) is 2.40. The summed E-state index contributed by atoms with van der Waals surface area (Å²) in [5.74, 6) is 0.776. The zero-order valence-corrected chi connectivity index (χ0v) is 12.0. The smallest absolute Gasteiger partial charge is 0.119 e. The Balaban J connectivity index is 1.87. The maximum Gasteiger partial charge on any atom is 0.119 e. The number of nitrogens with one attached hydrogen (secondary N) is 1. The molecule has 1 aromatic rings. The molecule has 4 nitrogen and oxygen atoms in total. The molecule has 1 saturated heterocycles. The first-order chi connectivity index (χ1) is 8.79. The molecule has 5 heteroatoms. The van der Waals surface area contributed by atoms with Crippen LogP contribution < -0.4 is 5.32 Å². The molecule has 1 atom stereocenters. The summed E-state index contributed by atoms with van der Waals surface area (Å²) < 4.78 is 0. The molecule has 0 amide bonds. The van der Waals surface area contributed by atoms with Crippen LogP contribution in [0.3, 0.4) is 0 Å². The summed E-state index contributed by atoms with van der Waals surface area (Å²) in [6.45, 7) is 4.36. The first-order valence-corrected chi connectivity index (χ1v) is 7.75. The lowest BCUT2D eigenvalue weighted by molar-refractivity contribution is 0.234. The third kappa shape index (κ3) is 3.93. The van der Waals surface area contributed by atoms with Crippen molar-refractivity contribution in [2.24, 2.45) is 5.92 Å². The second-order valence-corrected chi connectivity index (χ2v) is 5.72. The Hall–Kier alpha value is -0.650. The third-order valence-electron chi connectivity index (χ3n) is 3.32. The number of rotatable bonds is 5. The van der Waals surface area contributed by atoms with Crippen LogP contribution in [0.5, 0.6) is 0 Å². The zero-order valence-electron chi connectivity index (χ0n) is 11.2. The summed E-state index contributed by atoms with van der Waals surface area (Å²) in [7, 11) is 2.17. The van der Waals surface area contributed by atoms with E-state index >= 15 is 0 Å². The van der Waals surface area contributed by atoms with Crippen molar-refractivity contribution in [1.82, 2.24) is 20.2 Å². The van der Waals surface area contributed by atoms with E-state index in [2.05, 4.69) is 33.5 Å². The lowest BCUT2D eigenvalue weighted by atomic mass is 9.99. The van der Waals surface area contributed by atoms with E-state index in [9.17, 15) is 0 Å². The Morgan fingerprint density at radius 1 is 1.44 bits per heavy atom. The van der Waals surface area contributed by atoms with Crippen LogP contribution in [-0.2, 0) is 6.54 Å². The number of nitrogens with zero attached hydrogens (tertiary/aromatic N) is 3. The number of aromatic nitrogens is 2. The Labute approximate surface area is 114 Å². The zero-order chi connectivity index (χ0) is 12.8. The van der Waals surface area contributed by atoms with E-state index in [4.69, 9.17) is 0 Å². The van der Waals surface area contributed by atoms with Gasteiger partial charge in [-0.15, -0.1) is 11.8 Å². The summed E-state index contributed by atoms with van der Waals surface area (Å²) in [6, 6.07) is 0. The lowest BCUT2D eigenvalue weighted by Crippen LogP contribution is -2.36. The maximum absolute atomic E-state index is 4.44. The van der Waals surface area contributed by atoms with Crippen LogP contribution in [-0.4, -0.2) is 47.8 Å². The maximum atomic E-state index is 4.44. The molecule has 0 aliphatic carbocycles. The minimum atomic E-state index is 0.776. The number of hydrogen-bond acceptors (Lipinski definition) is 5. The topological polar surface area (TPSA) is 41.1 Å². The van der Waals surface area contributed by atoms with Gasteiger partial charge in [-0.3, -0.25) is 4.98 Å². The standard InChI is InChI=1S/C13H22N4S/c1-17(9-11-4-3-5-14-8-11)10-12-13(18-2)16-7-6-15-12/h6-7,11,14H,3-5,8-10H2,1-2H3. The predicted octanol–water partition coefficient (Wildman–Crippen LogP) is 1.63. The molecule has 2 rings (SSSR count). The molecular weight excluding hydrogens is 244 g/mol. The van der Waals surface area contributed by atoms with Gasteiger partial charge in [-0.05, 0) is 45.2 Å². The van der Waals surface area contributed by atoms with Gasteiger partial charge in [-0.25, -0.2) is 4.98 Å². The van der Waals surface area contributed by atoms with Gasteiger partial charge in [-0.2, -0.15) is 0 Å².